The molecule has 0 spiro atoms. The van der Waals surface area contributed by atoms with Crippen molar-refractivity contribution in [3.8, 4) is 16.9 Å². The van der Waals surface area contributed by atoms with Crippen LogP contribution >= 0.6 is 23.2 Å². The van der Waals surface area contributed by atoms with Crippen LogP contribution < -0.4 is 0 Å². The molecule has 0 bridgehead atoms. The Kier molecular flexibility index (Phi) is 3.89. The SMILES string of the molecule is Cc1ccc(F)c(-c2cnc(Cl)n2-c2ccc(Cl)cc2)c1F. The zero-order chi connectivity index (χ0) is 15.9. The predicted octanol–water partition coefficient (Wildman–Crippen LogP) is 5.43. The van der Waals surface area contributed by atoms with Crippen molar-refractivity contribution in [3.63, 3.8) is 0 Å². The van der Waals surface area contributed by atoms with Gasteiger partial charge in [-0.15, -0.1) is 0 Å². The van der Waals surface area contributed by atoms with Crippen molar-refractivity contribution in [3.05, 3.63) is 70.1 Å². The van der Waals surface area contributed by atoms with Crippen LogP contribution in [0.4, 0.5) is 8.78 Å². The Morgan fingerprint density at radius 3 is 2.36 bits per heavy atom. The van der Waals surface area contributed by atoms with Gasteiger partial charge in [-0.3, -0.25) is 4.57 Å². The minimum atomic E-state index is -0.671. The van der Waals surface area contributed by atoms with E-state index < -0.39 is 11.6 Å². The van der Waals surface area contributed by atoms with Crippen molar-refractivity contribution < 1.29 is 8.78 Å². The first-order valence-electron chi connectivity index (χ1n) is 6.43. The predicted molar refractivity (Wildman–Crippen MR) is 83.7 cm³/mol. The van der Waals surface area contributed by atoms with E-state index in [4.69, 9.17) is 23.2 Å². The van der Waals surface area contributed by atoms with Gasteiger partial charge in [0, 0.05) is 10.7 Å². The molecule has 0 radical (unpaired) electrons. The summed E-state index contributed by atoms with van der Waals surface area (Å²) in [5.41, 5.74) is 1.04. The fourth-order valence-electron chi connectivity index (χ4n) is 2.23. The van der Waals surface area contributed by atoms with Crippen LogP contribution in [0.5, 0.6) is 0 Å². The first kappa shape index (κ1) is 15.0. The molecule has 0 aliphatic rings. The normalized spacial score (nSPS) is 11.0. The van der Waals surface area contributed by atoms with Crippen LogP contribution in [-0.4, -0.2) is 9.55 Å². The zero-order valence-electron chi connectivity index (χ0n) is 11.4. The number of aromatic nitrogens is 2. The van der Waals surface area contributed by atoms with Crippen LogP contribution in [0.25, 0.3) is 16.9 Å². The average Bonchev–Trinajstić information content (AvgIpc) is 2.86. The van der Waals surface area contributed by atoms with Crippen molar-refractivity contribution >= 4 is 23.2 Å². The molecule has 22 heavy (non-hydrogen) atoms. The second kappa shape index (κ2) is 5.71. The molecule has 2 aromatic carbocycles. The number of aryl methyl sites for hydroxylation is 1. The summed E-state index contributed by atoms with van der Waals surface area (Å²) < 4.78 is 30.0. The third kappa shape index (κ3) is 2.49. The monoisotopic (exact) mass is 338 g/mol. The molecular weight excluding hydrogens is 329 g/mol. The highest BCUT2D eigenvalue weighted by Gasteiger charge is 2.20. The van der Waals surface area contributed by atoms with Crippen molar-refractivity contribution in [2.75, 3.05) is 0 Å². The van der Waals surface area contributed by atoms with Crippen LogP contribution in [0.3, 0.4) is 0 Å². The molecule has 0 atom stereocenters. The fraction of sp³-hybridized carbons (Fsp3) is 0.0625. The summed E-state index contributed by atoms with van der Waals surface area (Å²) >= 11 is 12.0. The molecule has 0 aliphatic carbocycles. The Bertz CT molecular complexity index is 842. The van der Waals surface area contributed by atoms with Gasteiger partial charge in [0.15, 0.2) is 0 Å². The maximum atomic E-state index is 14.4. The smallest absolute Gasteiger partial charge is 0.207 e. The second-order valence-electron chi connectivity index (χ2n) is 4.78. The molecule has 1 aromatic heterocycles. The molecule has 0 aliphatic heterocycles. The Labute approximate surface area is 135 Å². The lowest BCUT2D eigenvalue weighted by Gasteiger charge is -2.12. The van der Waals surface area contributed by atoms with Gasteiger partial charge < -0.3 is 0 Å². The number of nitrogens with zero attached hydrogens (tertiary/aromatic N) is 2. The summed E-state index contributed by atoms with van der Waals surface area (Å²) in [6, 6.07) is 9.34. The molecule has 0 amide bonds. The lowest BCUT2D eigenvalue weighted by atomic mass is 10.1. The topological polar surface area (TPSA) is 17.8 Å². The van der Waals surface area contributed by atoms with Gasteiger partial charge in [-0.25, -0.2) is 13.8 Å². The molecule has 2 nitrogen and oxygen atoms in total. The van der Waals surface area contributed by atoms with Crippen LogP contribution in [0.15, 0.2) is 42.6 Å². The minimum absolute atomic E-state index is 0.109. The Balaban J connectivity index is 2.27. The van der Waals surface area contributed by atoms with Crippen molar-refractivity contribution in [2.24, 2.45) is 0 Å². The van der Waals surface area contributed by atoms with Gasteiger partial charge in [0.2, 0.25) is 5.28 Å². The lowest BCUT2D eigenvalue weighted by Crippen LogP contribution is -2.01. The molecule has 3 rings (SSSR count). The maximum Gasteiger partial charge on any atom is 0.207 e. The Hall–Kier alpha value is -1.91. The van der Waals surface area contributed by atoms with E-state index in [1.165, 1.54) is 22.9 Å². The van der Waals surface area contributed by atoms with Gasteiger partial charge in [0.05, 0.1) is 17.5 Å². The van der Waals surface area contributed by atoms with Gasteiger partial charge in [-0.2, -0.15) is 0 Å². The molecule has 3 aromatic rings. The molecule has 0 saturated carbocycles. The largest absolute Gasteiger partial charge is 0.283 e. The molecule has 0 N–H and O–H groups in total. The molecular formula is C16H10Cl2F2N2. The van der Waals surface area contributed by atoms with E-state index in [9.17, 15) is 8.78 Å². The molecule has 0 saturated heterocycles. The first-order valence-corrected chi connectivity index (χ1v) is 7.19. The van der Waals surface area contributed by atoms with Gasteiger partial charge in [0.25, 0.3) is 0 Å². The van der Waals surface area contributed by atoms with Crippen LogP contribution in [0, 0.1) is 18.6 Å². The van der Waals surface area contributed by atoms with Gasteiger partial charge >= 0.3 is 0 Å². The third-order valence-electron chi connectivity index (χ3n) is 3.34. The fourth-order valence-corrected chi connectivity index (χ4v) is 2.60. The third-order valence-corrected chi connectivity index (χ3v) is 3.86. The standard InChI is InChI=1S/C16H10Cl2F2N2/c1-9-2-7-12(19)14(15(9)20)13-8-21-16(18)22(13)11-5-3-10(17)4-6-11/h2-8H,1H3. The Morgan fingerprint density at radius 2 is 1.68 bits per heavy atom. The number of hydrogen-bond donors (Lipinski definition) is 0. The average molecular weight is 339 g/mol. The summed E-state index contributed by atoms with van der Waals surface area (Å²) in [6.07, 6.45) is 1.35. The van der Waals surface area contributed by atoms with Crippen molar-refractivity contribution in [1.82, 2.24) is 9.55 Å². The number of hydrogen-bond acceptors (Lipinski definition) is 1. The van der Waals surface area contributed by atoms with Crippen molar-refractivity contribution in [1.29, 1.82) is 0 Å². The maximum absolute atomic E-state index is 14.4. The minimum Gasteiger partial charge on any atom is -0.283 e. The van der Waals surface area contributed by atoms with E-state index in [2.05, 4.69) is 4.98 Å². The van der Waals surface area contributed by atoms with Crippen LogP contribution in [0.2, 0.25) is 10.3 Å². The van der Waals surface area contributed by atoms with Crippen LogP contribution in [0.1, 0.15) is 5.56 Å². The van der Waals surface area contributed by atoms with E-state index in [1.807, 2.05) is 0 Å². The quantitative estimate of drug-likeness (QED) is 0.608. The van der Waals surface area contributed by atoms with Crippen LogP contribution in [-0.2, 0) is 0 Å². The van der Waals surface area contributed by atoms with Gasteiger partial charge in [-0.1, -0.05) is 17.7 Å². The highest BCUT2D eigenvalue weighted by atomic mass is 35.5. The van der Waals surface area contributed by atoms with Gasteiger partial charge in [0.1, 0.15) is 11.6 Å². The second-order valence-corrected chi connectivity index (χ2v) is 5.55. The number of halogens is 4. The summed E-state index contributed by atoms with van der Waals surface area (Å²) in [6.45, 7) is 1.57. The molecule has 0 unspecified atom stereocenters. The van der Waals surface area contributed by atoms with E-state index in [-0.39, 0.29) is 16.5 Å². The zero-order valence-corrected chi connectivity index (χ0v) is 13.0. The van der Waals surface area contributed by atoms with E-state index >= 15 is 0 Å². The van der Waals surface area contributed by atoms with E-state index in [0.29, 0.717) is 16.3 Å². The molecule has 1 heterocycles. The summed E-state index contributed by atoms with van der Waals surface area (Å²) in [5.74, 6) is -1.30. The summed E-state index contributed by atoms with van der Waals surface area (Å²) in [5, 5.41) is 0.659. The van der Waals surface area contributed by atoms with E-state index in [0.717, 1.165) is 0 Å². The number of benzene rings is 2. The van der Waals surface area contributed by atoms with E-state index in [1.54, 1.807) is 31.2 Å². The highest BCUT2D eigenvalue weighted by molar-refractivity contribution is 6.30. The lowest BCUT2D eigenvalue weighted by molar-refractivity contribution is 0.582. The van der Waals surface area contributed by atoms with Crippen molar-refractivity contribution in [2.45, 2.75) is 6.92 Å². The number of rotatable bonds is 2. The summed E-state index contributed by atoms with van der Waals surface area (Å²) in [4.78, 5) is 3.97. The number of imidazole rings is 1. The molecule has 0 fully saturated rings. The highest BCUT2D eigenvalue weighted by Crippen LogP contribution is 2.32. The first-order chi connectivity index (χ1) is 10.5. The van der Waals surface area contributed by atoms with Gasteiger partial charge in [-0.05, 0) is 54.4 Å². The Morgan fingerprint density at radius 1 is 1.00 bits per heavy atom. The molecule has 6 heteroatoms. The molecule has 112 valence electrons. The summed E-state index contributed by atoms with van der Waals surface area (Å²) in [7, 11) is 0.